The first-order valence-electron chi connectivity index (χ1n) is 6.28. The topological polar surface area (TPSA) is 55.9 Å². The van der Waals surface area contributed by atoms with Gasteiger partial charge in [-0.05, 0) is 13.1 Å². The highest BCUT2D eigenvalue weighted by Gasteiger charge is 2.29. The van der Waals surface area contributed by atoms with Crippen molar-refractivity contribution in [1.82, 2.24) is 0 Å². The van der Waals surface area contributed by atoms with Crippen molar-refractivity contribution in [1.29, 1.82) is 0 Å². The van der Waals surface area contributed by atoms with Crippen molar-refractivity contribution in [3.8, 4) is 0 Å². The van der Waals surface area contributed by atoms with Crippen molar-refractivity contribution in [2.45, 2.75) is 24.2 Å². The molecule has 5 nitrogen and oxygen atoms in total. The normalized spacial score (nSPS) is 28.4. The smallest absolute Gasteiger partial charge is 0.124 e. The van der Waals surface area contributed by atoms with Gasteiger partial charge in [-0.25, -0.2) is 0 Å². The second-order valence-corrected chi connectivity index (χ2v) is 4.73. The number of ether oxygens (including phenoxy) is 4. The molecule has 2 aliphatic heterocycles. The van der Waals surface area contributed by atoms with Gasteiger partial charge in [0.1, 0.15) is 11.6 Å². The highest BCUT2D eigenvalue weighted by molar-refractivity contribution is 5.28. The largest absolute Gasteiger partial charge is 0.378 e. The number of nitrogens with zero attached hydrogens (tertiary/aromatic N) is 1. The summed E-state index contributed by atoms with van der Waals surface area (Å²) in [5.74, 6) is 0. The summed E-state index contributed by atoms with van der Waals surface area (Å²) in [4.78, 5) is 4.10. The van der Waals surface area contributed by atoms with Crippen molar-refractivity contribution in [3.05, 3.63) is 12.7 Å². The third-order valence-electron chi connectivity index (χ3n) is 3.09. The maximum Gasteiger partial charge on any atom is 0.124 e. The number of rotatable bonds is 11. The second kappa shape index (κ2) is 6.43. The molecule has 0 amide bonds. The van der Waals surface area contributed by atoms with Crippen molar-refractivity contribution < 1.29 is 18.9 Å². The van der Waals surface area contributed by atoms with Crippen LogP contribution in [0.3, 0.4) is 0 Å². The quantitative estimate of drug-likeness (QED) is 0.237. The summed E-state index contributed by atoms with van der Waals surface area (Å²) in [6.45, 7) is 11.2. The molecular weight excluding hydrogens is 234 g/mol. The molecule has 0 N–H and O–H groups in total. The summed E-state index contributed by atoms with van der Waals surface area (Å²) < 4.78 is 21.4. The van der Waals surface area contributed by atoms with E-state index in [0.29, 0.717) is 32.5 Å². The predicted octanol–water partition coefficient (Wildman–Crippen LogP) is 0.833. The Morgan fingerprint density at radius 2 is 1.89 bits per heavy atom. The van der Waals surface area contributed by atoms with Crippen LogP contribution in [0, 0.1) is 0 Å². The van der Waals surface area contributed by atoms with E-state index in [1.54, 1.807) is 6.08 Å². The zero-order valence-corrected chi connectivity index (χ0v) is 10.7. The van der Waals surface area contributed by atoms with Crippen LogP contribution in [0.1, 0.15) is 6.42 Å². The lowest BCUT2D eigenvalue weighted by Crippen LogP contribution is -2.36. The SMILES string of the molecule is C=CC(COCCC1CO1)(COCC1CO1)N=C. The maximum absolute atomic E-state index is 5.61. The van der Waals surface area contributed by atoms with E-state index in [1.807, 2.05) is 0 Å². The van der Waals surface area contributed by atoms with Gasteiger partial charge in [-0.3, -0.25) is 4.99 Å². The molecule has 3 atom stereocenters. The van der Waals surface area contributed by atoms with Crippen LogP contribution in [-0.4, -0.2) is 64.1 Å². The lowest BCUT2D eigenvalue weighted by Gasteiger charge is -2.25. The molecule has 102 valence electrons. The average Bonchev–Trinajstić information content (AvgIpc) is 3.27. The minimum Gasteiger partial charge on any atom is -0.378 e. The van der Waals surface area contributed by atoms with E-state index in [2.05, 4.69) is 18.3 Å². The van der Waals surface area contributed by atoms with Crippen LogP contribution in [0.5, 0.6) is 0 Å². The molecule has 0 saturated carbocycles. The Bertz CT molecular complexity index is 279. The van der Waals surface area contributed by atoms with Crippen LogP contribution in [0.4, 0.5) is 0 Å². The molecule has 0 aromatic rings. The molecule has 2 rings (SSSR count). The first-order valence-corrected chi connectivity index (χ1v) is 6.28. The van der Waals surface area contributed by atoms with Crippen molar-refractivity contribution in [2.75, 3.05) is 39.6 Å². The monoisotopic (exact) mass is 255 g/mol. The summed E-state index contributed by atoms with van der Waals surface area (Å²) >= 11 is 0. The van der Waals surface area contributed by atoms with Gasteiger partial charge in [0, 0.05) is 6.61 Å². The summed E-state index contributed by atoms with van der Waals surface area (Å²) in [6.07, 6.45) is 3.32. The van der Waals surface area contributed by atoms with Gasteiger partial charge in [-0.15, -0.1) is 6.58 Å². The minimum absolute atomic E-state index is 0.255. The van der Waals surface area contributed by atoms with Crippen LogP contribution in [0.2, 0.25) is 0 Å². The zero-order chi connectivity index (χ0) is 12.8. The van der Waals surface area contributed by atoms with Gasteiger partial charge in [0.25, 0.3) is 0 Å². The van der Waals surface area contributed by atoms with E-state index in [1.165, 1.54) is 0 Å². The Morgan fingerprint density at radius 1 is 1.22 bits per heavy atom. The van der Waals surface area contributed by atoms with Gasteiger partial charge in [-0.1, -0.05) is 6.08 Å². The fourth-order valence-electron chi connectivity index (χ4n) is 1.55. The summed E-state index contributed by atoms with van der Waals surface area (Å²) in [5, 5.41) is 0. The van der Waals surface area contributed by atoms with E-state index in [9.17, 15) is 0 Å². The molecule has 0 aromatic carbocycles. The van der Waals surface area contributed by atoms with Crippen LogP contribution in [-0.2, 0) is 18.9 Å². The molecular formula is C13H21NO4. The highest BCUT2D eigenvalue weighted by Crippen LogP contribution is 2.17. The Labute approximate surface area is 108 Å². The van der Waals surface area contributed by atoms with Crippen LogP contribution >= 0.6 is 0 Å². The van der Waals surface area contributed by atoms with Gasteiger partial charge in [0.2, 0.25) is 0 Å². The molecule has 5 heteroatoms. The lowest BCUT2D eigenvalue weighted by molar-refractivity contribution is 0.0355. The van der Waals surface area contributed by atoms with Crippen molar-refractivity contribution in [2.24, 2.45) is 4.99 Å². The third kappa shape index (κ3) is 4.49. The molecule has 0 aromatic heterocycles. The van der Waals surface area contributed by atoms with E-state index in [-0.39, 0.29) is 6.10 Å². The fraction of sp³-hybridized carbons (Fsp3) is 0.769. The number of hydrogen-bond donors (Lipinski definition) is 0. The first-order chi connectivity index (χ1) is 8.78. The van der Waals surface area contributed by atoms with E-state index in [4.69, 9.17) is 18.9 Å². The third-order valence-corrected chi connectivity index (χ3v) is 3.09. The van der Waals surface area contributed by atoms with E-state index < -0.39 is 5.54 Å². The van der Waals surface area contributed by atoms with Crippen molar-refractivity contribution >= 4 is 6.72 Å². The number of hydrogen-bond acceptors (Lipinski definition) is 5. The predicted molar refractivity (Wildman–Crippen MR) is 68.2 cm³/mol. The van der Waals surface area contributed by atoms with Crippen LogP contribution in [0.15, 0.2) is 17.6 Å². The Kier molecular flexibility index (Phi) is 4.88. The van der Waals surface area contributed by atoms with Gasteiger partial charge >= 0.3 is 0 Å². The number of epoxide rings is 2. The molecule has 3 unspecified atom stereocenters. The summed E-state index contributed by atoms with van der Waals surface area (Å²) in [5.41, 5.74) is -0.556. The Morgan fingerprint density at radius 3 is 2.44 bits per heavy atom. The molecule has 2 fully saturated rings. The minimum atomic E-state index is -0.556. The molecule has 0 radical (unpaired) electrons. The highest BCUT2D eigenvalue weighted by atomic mass is 16.6. The zero-order valence-electron chi connectivity index (χ0n) is 10.7. The molecule has 0 spiro atoms. The molecule has 2 aliphatic rings. The first kappa shape index (κ1) is 13.7. The van der Waals surface area contributed by atoms with Crippen LogP contribution in [0.25, 0.3) is 0 Å². The molecule has 2 saturated heterocycles. The molecule has 2 heterocycles. The van der Waals surface area contributed by atoms with Gasteiger partial charge < -0.3 is 18.9 Å². The van der Waals surface area contributed by atoms with Crippen LogP contribution < -0.4 is 0 Å². The summed E-state index contributed by atoms with van der Waals surface area (Å²) in [7, 11) is 0. The van der Waals surface area contributed by atoms with Gasteiger partial charge in [-0.2, -0.15) is 0 Å². The Hall–Kier alpha value is -0.750. The maximum atomic E-state index is 5.61. The average molecular weight is 255 g/mol. The Balaban J connectivity index is 1.64. The van der Waals surface area contributed by atoms with E-state index in [0.717, 1.165) is 19.6 Å². The summed E-state index contributed by atoms with van der Waals surface area (Å²) in [6, 6.07) is 0. The second-order valence-electron chi connectivity index (χ2n) is 4.73. The molecule has 0 bridgehead atoms. The number of aliphatic imine (C=N–C) groups is 1. The standard InChI is InChI=1S/C13H21NO4/c1-3-13(14-2,10-16-6-12-8-18-12)9-15-5-4-11-7-17-11/h3,11-12H,1-2,4-10H2. The fourth-order valence-corrected chi connectivity index (χ4v) is 1.55. The van der Waals surface area contributed by atoms with Gasteiger partial charge in [0.15, 0.2) is 0 Å². The lowest BCUT2D eigenvalue weighted by atomic mass is 10.0. The van der Waals surface area contributed by atoms with Gasteiger partial charge in [0.05, 0.1) is 39.1 Å². The molecule has 0 aliphatic carbocycles. The van der Waals surface area contributed by atoms with Crippen molar-refractivity contribution in [3.63, 3.8) is 0 Å². The van der Waals surface area contributed by atoms with E-state index >= 15 is 0 Å². The molecule has 18 heavy (non-hydrogen) atoms.